The molecule has 0 saturated carbocycles. The summed E-state index contributed by atoms with van der Waals surface area (Å²) in [5, 5.41) is 16.3. The highest BCUT2D eigenvalue weighted by Gasteiger charge is 2.03. The van der Waals surface area contributed by atoms with Crippen molar-refractivity contribution in [3.05, 3.63) is 26.6 Å². The van der Waals surface area contributed by atoms with E-state index in [0.717, 1.165) is 10.7 Å². The zero-order valence-electron chi connectivity index (χ0n) is 5.44. The maximum Gasteiger partial charge on any atom is 0.138 e. The first-order chi connectivity index (χ1) is 5.15. The highest BCUT2D eigenvalue weighted by atomic mass is 79.9. The van der Waals surface area contributed by atoms with Gasteiger partial charge in [0.15, 0.2) is 0 Å². The van der Waals surface area contributed by atoms with Crippen molar-refractivity contribution in [1.29, 1.82) is 5.41 Å². The summed E-state index contributed by atoms with van der Waals surface area (Å²) in [5.41, 5.74) is 0.492. The molecule has 1 rings (SSSR count). The van der Waals surface area contributed by atoms with Crippen LogP contribution in [-0.4, -0.2) is 11.3 Å². The Bertz CT molecular complexity index is 299. The predicted molar refractivity (Wildman–Crippen MR) is 51.4 cm³/mol. The number of phenolic OH excluding ortho intramolecular Hbond substituents is 1. The molecular formula is C7H5Br2NO. The molecule has 0 bridgehead atoms. The lowest BCUT2D eigenvalue weighted by Gasteiger charge is -2.01. The lowest BCUT2D eigenvalue weighted by Crippen LogP contribution is -1.82. The van der Waals surface area contributed by atoms with Crippen LogP contribution < -0.4 is 0 Å². The normalized spacial score (nSPS) is 9.64. The van der Waals surface area contributed by atoms with Gasteiger partial charge in [0.2, 0.25) is 0 Å². The van der Waals surface area contributed by atoms with Gasteiger partial charge in [0.25, 0.3) is 0 Å². The molecule has 0 aliphatic heterocycles. The van der Waals surface area contributed by atoms with Gasteiger partial charge in [-0.25, -0.2) is 0 Å². The van der Waals surface area contributed by atoms with Crippen LogP contribution in [0.4, 0.5) is 0 Å². The molecule has 0 saturated heterocycles. The van der Waals surface area contributed by atoms with Crippen molar-refractivity contribution >= 4 is 38.1 Å². The molecule has 2 nitrogen and oxygen atoms in total. The van der Waals surface area contributed by atoms with Crippen LogP contribution in [0.3, 0.4) is 0 Å². The molecule has 58 valence electrons. The van der Waals surface area contributed by atoms with E-state index in [-0.39, 0.29) is 5.75 Å². The van der Waals surface area contributed by atoms with E-state index < -0.39 is 0 Å². The predicted octanol–water partition coefficient (Wildman–Crippen LogP) is 2.91. The summed E-state index contributed by atoms with van der Waals surface area (Å²) in [6.07, 6.45) is 1.10. The van der Waals surface area contributed by atoms with E-state index in [1.807, 2.05) is 0 Å². The van der Waals surface area contributed by atoms with E-state index in [9.17, 15) is 5.11 Å². The van der Waals surface area contributed by atoms with Crippen molar-refractivity contribution in [3.63, 3.8) is 0 Å². The van der Waals surface area contributed by atoms with E-state index >= 15 is 0 Å². The number of nitrogens with one attached hydrogen (secondary N) is 1. The highest BCUT2D eigenvalue weighted by Crippen LogP contribution is 2.30. The highest BCUT2D eigenvalue weighted by molar-refractivity contribution is 9.11. The van der Waals surface area contributed by atoms with Crippen LogP contribution >= 0.6 is 31.9 Å². The molecule has 0 aliphatic rings. The molecule has 0 amide bonds. The molecule has 2 N–H and O–H groups in total. The second-order valence-electron chi connectivity index (χ2n) is 1.97. The van der Waals surface area contributed by atoms with E-state index in [1.165, 1.54) is 0 Å². The molecule has 0 fully saturated rings. The summed E-state index contributed by atoms with van der Waals surface area (Å²) >= 11 is 6.40. The maximum atomic E-state index is 9.30. The van der Waals surface area contributed by atoms with Gasteiger partial charge in [-0.15, -0.1) is 0 Å². The number of aromatic hydroxyl groups is 1. The molecule has 0 aromatic heterocycles. The molecule has 1 aromatic rings. The standard InChI is InChI=1S/C7H5Br2NO/c8-5-1-4(3-10)7(11)6(9)2-5/h1-3,10-11H. The third kappa shape index (κ3) is 1.81. The van der Waals surface area contributed by atoms with Crippen molar-refractivity contribution in [1.82, 2.24) is 0 Å². The number of hydrogen-bond acceptors (Lipinski definition) is 2. The van der Waals surface area contributed by atoms with Gasteiger partial charge in [0, 0.05) is 16.3 Å². The molecule has 1 aromatic carbocycles. The Balaban J connectivity index is 3.35. The molecule has 0 heterocycles. The van der Waals surface area contributed by atoms with Crippen molar-refractivity contribution in [3.8, 4) is 5.75 Å². The van der Waals surface area contributed by atoms with E-state index in [2.05, 4.69) is 31.9 Å². The maximum absolute atomic E-state index is 9.30. The Kier molecular flexibility index (Phi) is 2.67. The van der Waals surface area contributed by atoms with Crippen molar-refractivity contribution < 1.29 is 5.11 Å². The summed E-state index contributed by atoms with van der Waals surface area (Å²) < 4.78 is 1.42. The molecule has 4 heteroatoms. The second kappa shape index (κ2) is 3.36. The molecule has 0 spiro atoms. The number of phenols is 1. The van der Waals surface area contributed by atoms with Gasteiger partial charge in [-0.2, -0.15) is 0 Å². The van der Waals surface area contributed by atoms with E-state index in [4.69, 9.17) is 5.41 Å². The average molecular weight is 279 g/mol. The van der Waals surface area contributed by atoms with Gasteiger partial charge in [-0.05, 0) is 28.1 Å². The van der Waals surface area contributed by atoms with Gasteiger partial charge >= 0.3 is 0 Å². The van der Waals surface area contributed by atoms with Crippen LogP contribution in [0.1, 0.15) is 5.56 Å². The van der Waals surface area contributed by atoms with Gasteiger partial charge in [0.05, 0.1) is 4.47 Å². The minimum Gasteiger partial charge on any atom is -0.506 e. The lowest BCUT2D eigenvalue weighted by atomic mass is 10.2. The van der Waals surface area contributed by atoms with Crippen molar-refractivity contribution in [2.24, 2.45) is 0 Å². The van der Waals surface area contributed by atoms with Crippen LogP contribution in [0, 0.1) is 5.41 Å². The molecule has 0 radical (unpaired) electrons. The molecule has 0 unspecified atom stereocenters. The van der Waals surface area contributed by atoms with Crippen LogP contribution in [0.25, 0.3) is 0 Å². The zero-order chi connectivity index (χ0) is 8.43. The number of benzene rings is 1. The summed E-state index contributed by atoms with van der Waals surface area (Å²) in [7, 11) is 0. The third-order valence-electron chi connectivity index (χ3n) is 1.21. The number of hydrogen-bond donors (Lipinski definition) is 2. The smallest absolute Gasteiger partial charge is 0.138 e. The molecule has 11 heavy (non-hydrogen) atoms. The number of halogens is 2. The van der Waals surface area contributed by atoms with Gasteiger partial charge < -0.3 is 10.5 Å². The van der Waals surface area contributed by atoms with E-state index in [0.29, 0.717) is 10.0 Å². The third-order valence-corrected chi connectivity index (χ3v) is 2.28. The first-order valence-electron chi connectivity index (χ1n) is 2.83. The Morgan fingerprint density at radius 2 is 2.00 bits per heavy atom. The lowest BCUT2D eigenvalue weighted by molar-refractivity contribution is 0.471. The first-order valence-corrected chi connectivity index (χ1v) is 4.42. The molecule has 0 atom stereocenters. The fourth-order valence-corrected chi connectivity index (χ4v) is 1.95. The molecular weight excluding hydrogens is 274 g/mol. The summed E-state index contributed by atoms with van der Waals surface area (Å²) in [5.74, 6) is 0.100. The van der Waals surface area contributed by atoms with Crippen molar-refractivity contribution in [2.45, 2.75) is 0 Å². The SMILES string of the molecule is N=Cc1cc(Br)cc(Br)c1O. The number of rotatable bonds is 1. The van der Waals surface area contributed by atoms with Crippen molar-refractivity contribution in [2.75, 3.05) is 0 Å². The summed E-state index contributed by atoms with van der Waals surface area (Å²) in [6, 6.07) is 3.40. The quantitative estimate of drug-likeness (QED) is 0.763. The summed E-state index contributed by atoms with van der Waals surface area (Å²) in [4.78, 5) is 0. The van der Waals surface area contributed by atoms with Crippen LogP contribution in [0.5, 0.6) is 5.75 Å². The summed E-state index contributed by atoms with van der Waals surface area (Å²) in [6.45, 7) is 0. The monoisotopic (exact) mass is 277 g/mol. The van der Waals surface area contributed by atoms with Gasteiger partial charge in [-0.1, -0.05) is 15.9 Å². The van der Waals surface area contributed by atoms with E-state index in [1.54, 1.807) is 12.1 Å². The molecule has 0 aliphatic carbocycles. The first kappa shape index (κ1) is 8.74. The minimum absolute atomic E-state index is 0.100. The van der Waals surface area contributed by atoms with Gasteiger partial charge in [-0.3, -0.25) is 0 Å². The van der Waals surface area contributed by atoms with Gasteiger partial charge in [0.1, 0.15) is 5.75 Å². The second-order valence-corrected chi connectivity index (χ2v) is 3.74. The fourth-order valence-electron chi connectivity index (χ4n) is 0.696. The Labute approximate surface area is 81.0 Å². The zero-order valence-corrected chi connectivity index (χ0v) is 8.61. The largest absolute Gasteiger partial charge is 0.506 e. The fraction of sp³-hybridized carbons (Fsp3) is 0. The van der Waals surface area contributed by atoms with Crippen LogP contribution in [0.2, 0.25) is 0 Å². The Morgan fingerprint density at radius 3 is 2.55 bits per heavy atom. The minimum atomic E-state index is 0.100. The average Bonchev–Trinajstić information content (AvgIpc) is 1.96. The Hall–Kier alpha value is -0.350. The van der Waals surface area contributed by atoms with Crippen LogP contribution in [0.15, 0.2) is 21.1 Å². The topological polar surface area (TPSA) is 44.1 Å². The Morgan fingerprint density at radius 1 is 1.36 bits per heavy atom. The van der Waals surface area contributed by atoms with Crippen LogP contribution in [-0.2, 0) is 0 Å².